The smallest absolute Gasteiger partial charge is 0.282 e. The van der Waals surface area contributed by atoms with Crippen molar-refractivity contribution in [2.45, 2.75) is 13.0 Å². The van der Waals surface area contributed by atoms with Crippen molar-refractivity contribution < 1.29 is 13.2 Å². The zero-order valence-electron chi connectivity index (χ0n) is 12.3. The molecule has 0 aromatic heterocycles. The van der Waals surface area contributed by atoms with E-state index in [0.29, 0.717) is 19.5 Å². The predicted molar refractivity (Wildman–Crippen MR) is 80.6 cm³/mol. The first-order valence-electron chi connectivity index (χ1n) is 6.92. The minimum atomic E-state index is -3.52. The number of benzene rings is 1. The summed E-state index contributed by atoms with van der Waals surface area (Å²) in [7, 11) is -0.389. The number of amides is 1. The molecule has 1 fully saturated rings. The third-order valence-corrected chi connectivity index (χ3v) is 5.64. The van der Waals surface area contributed by atoms with Crippen molar-refractivity contribution in [3.05, 3.63) is 35.9 Å². The first-order valence-corrected chi connectivity index (χ1v) is 8.31. The van der Waals surface area contributed by atoms with Crippen molar-refractivity contribution in [2.24, 2.45) is 5.92 Å². The molecule has 0 spiro atoms. The summed E-state index contributed by atoms with van der Waals surface area (Å²) >= 11 is 0. The lowest BCUT2D eigenvalue weighted by Gasteiger charge is -2.24. The van der Waals surface area contributed by atoms with Crippen LogP contribution in [0.2, 0.25) is 0 Å². The Morgan fingerprint density at radius 1 is 1.38 bits per heavy atom. The Morgan fingerprint density at radius 3 is 2.67 bits per heavy atom. The number of hydrogen-bond acceptors (Lipinski definition) is 3. The van der Waals surface area contributed by atoms with Gasteiger partial charge in [-0.15, -0.1) is 0 Å². The van der Waals surface area contributed by atoms with Crippen molar-refractivity contribution in [3.8, 4) is 0 Å². The second-order valence-corrected chi connectivity index (χ2v) is 7.24. The highest BCUT2D eigenvalue weighted by Gasteiger charge is 2.36. The number of carbonyl (C=O) groups excluding carboxylic acids is 1. The Kier molecular flexibility index (Phi) is 4.97. The number of hydrogen-bond donors (Lipinski definition) is 1. The van der Waals surface area contributed by atoms with Gasteiger partial charge in [0, 0.05) is 33.7 Å². The Labute approximate surface area is 125 Å². The second-order valence-electron chi connectivity index (χ2n) is 5.21. The summed E-state index contributed by atoms with van der Waals surface area (Å²) in [5.41, 5.74) is 0.936. The summed E-state index contributed by atoms with van der Waals surface area (Å²) in [6, 6.07) is 9.44. The molecular weight excluding hydrogens is 290 g/mol. The highest BCUT2D eigenvalue weighted by molar-refractivity contribution is 7.86. The summed E-state index contributed by atoms with van der Waals surface area (Å²) in [6.45, 7) is 0.963. The molecule has 0 bridgehead atoms. The molecule has 6 nitrogen and oxygen atoms in total. The van der Waals surface area contributed by atoms with E-state index < -0.39 is 10.2 Å². The van der Waals surface area contributed by atoms with Crippen LogP contribution in [0.25, 0.3) is 0 Å². The van der Waals surface area contributed by atoms with Crippen LogP contribution in [0.1, 0.15) is 12.0 Å². The third-order valence-electron chi connectivity index (χ3n) is 3.74. The van der Waals surface area contributed by atoms with Gasteiger partial charge in [-0.25, -0.2) is 0 Å². The van der Waals surface area contributed by atoms with E-state index in [1.54, 1.807) is 14.1 Å². The fourth-order valence-corrected chi connectivity index (χ4v) is 3.89. The molecule has 1 heterocycles. The topological polar surface area (TPSA) is 69.7 Å². The third kappa shape index (κ3) is 3.61. The van der Waals surface area contributed by atoms with Crippen LogP contribution >= 0.6 is 0 Å². The first kappa shape index (κ1) is 15.9. The SMILES string of the molecule is CNC(=O)[C@H]1CCN(S(=O)(=O)N(C)Cc2ccccc2)C1. The number of nitrogens with one attached hydrogen (secondary N) is 1. The van der Waals surface area contributed by atoms with E-state index in [-0.39, 0.29) is 18.4 Å². The minimum absolute atomic E-state index is 0.0987. The van der Waals surface area contributed by atoms with E-state index in [9.17, 15) is 13.2 Å². The summed E-state index contributed by atoms with van der Waals surface area (Å²) in [4.78, 5) is 11.6. The molecule has 1 atom stereocenters. The molecule has 1 aliphatic heterocycles. The van der Waals surface area contributed by atoms with Crippen LogP contribution in [0, 0.1) is 5.92 Å². The lowest BCUT2D eigenvalue weighted by molar-refractivity contribution is -0.124. The van der Waals surface area contributed by atoms with Gasteiger partial charge < -0.3 is 5.32 Å². The van der Waals surface area contributed by atoms with Crippen molar-refractivity contribution in [3.63, 3.8) is 0 Å². The van der Waals surface area contributed by atoms with Crippen LogP contribution in [-0.2, 0) is 21.5 Å². The Morgan fingerprint density at radius 2 is 2.05 bits per heavy atom. The van der Waals surface area contributed by atoms with Gasteiger partial charge in [-0.1, -0.05) is 30.3 Å². The maximum absolute atomic E-state index is 12.5. The van der Waals surface area contributed by atoms with E-state index in [4.69, 9.17) is 0 Å². The van der Waals surface area contributed by atoms with E-state index >= 15 is 0 Å². The summed E-state index contributed by atoms with van der Waals surface area (Å²) in [6.07, 6.45) is 0.568. The van der Waals surface area contributed by atoms with Gasteiger partial charge in [-0.2, -0.15) is 17.0 Å². The average Bonchev–Trinajstić information content (AvgIpc) is 2.98. The van der Waals surface area contributed by atoms with Gasteiger partial charge in [0.1, 0.15) is 0 Å². The number of rotatable bonds is 5. The largest absolute Gasteiger partial charge is 0.359 e. The van der Waals surface area contributed by atoms with Gasteiger partial charge in [-0.3, -0.25) is 4.79 Å². The predicted octanol–water partition coefficient (Wildman–Crippen LogP) is 0.431. The second kappa shape index (κ2) is 6.55. The summed E-state index contributed by atoms with van der Waals surface area (Å²) < 4.78 is 27.7. The van der Waals surface area contributed by atoms with Crippen LogP contribution in [-0.4, -0.2) is 50.1 Å². The number of carbonyl (C=O) groups is 1. The van der Waals surface area contributed by atoms with Crippen molar-refractivity contribution in [1.29, 1.82) is 0 Å². The molecule has 1 aromatic carbocycles. The highest BCUT2D eigenvalue weighted by atomic mass is 32.2. The van der Waals surface area contributed by atoms with Gasteiger partial charge >= 0.3 is 0 Å². The lowest BCUT2D eigenvalue weighted by Crippen LogP contribution is -2.41. The molecule has 21 heavy (non-hydrogen) atoms. The molecule has 0 unspecified atom stereocenters. The summed E-state index contributed by atoms with van der Waals surface area (Å²) in [5.74, 6) is -0.353. The Bertz CT molecular complexity index is 589. The molecule has 1 aliphatic rings. The van der Waals surface area contributed by atoms with E-state index in [1.807, 2.05) is 30.3 Å². The van der Waals surface area contributed by atoms with Gasteiger partial charge in [0.15, 0.2) is 0 Å². The molecule has 1 saturated heterocycles. The molecule has 1 aromatic rings. The molecule has 0 aliphatic carbocycles. The van der Waals surface area contributed by atoms with E-state index in [1.165, 1.54) is 8.61 Å². The normalized spacial score (nSPS) is 19.9. The zero-order chi connectivity index (χ0) is 15.5. The van der Waals surface area contributed by atoms with Crippen molar-refractivity contribution in [1.82, 2.24) is 13.9 Å². The van der Waals surface area contributed by atoms with Crippen LogP contribution < -0.4 is 5.32 Å². The molecule has 0 saturated carbocycles. The van der Waals surface area contributed by atoms with Crippen LogP contribution in [0.15, 0.2) is 30.3 Å². The molecule has 2 rings (SSSR count). The van der Waals surface area contributed by atoms with E-state index in [0.717, 1.165) is 5.56 Å². The highest BCUT2D eigenvalue weighted by Crippen LogP contribution is 2.22. The fourth-order valence-electron chi connectivity index (χ4n) is 2.48. The molecule has 0 radical (unpaired) electrons. The quantitative estimate of drug-likeness (QED) is 0.857. The van der Waals surface area contributed by atoms with Crippen LogP contribution in [0.4, 0.5) is 0 Å². The van der Waals surface area contributed by atoms with Crippen molar-refractivity contribution >= 4 is 16.1 Å². The van der Waals surface area contributed by atoms with Gasteiger partial charge in [-0.05, 0) is 12.0 Å². The van der Waals surface area contributed by atoms with Crippen LogP contribution in [0.3, 0.4) is 0 Å². The minimum Gasteiger partial charge on any atom is -0.359 e. The van der Waals surface area contributed by atoms with Gasteiger partial charge in [0.2, 0.25) is 5.91 Å². The standard InChI is InChI=1S/C14H21N3O3S/c1-15-14(18)13-8-9-17(11-13)21(19,20)16(2)10-12-6-4-3-5-7-12/h3-7,13H,8-11H2,1-2H3,(H,15,18)/t13-/m0/s1. The molecule has 1 amide bonds. The monoisotopic (exact) mass is 311 g/mol. The average molecular weight is 311 g/mol. The Balaban J connectivity index is 2.03. The van der Waals surface area contributed by atoms with Crippen LogP contribution in [0.5, 0.6) is 0 Å². The molecule has 7 heteroatoms. The molecule has 116 valence electrons. The zero-order valence-corrected chi connectivity index (χ0v) is 13.1. The maximum Gasteiger partial charge on any atom is 0.282 e. The molecule has 1 N–H and O–H groups in total. The van der Waals surface area contributed by atoms with E-state index in [2.05, 4.69) is 5.32 Å². The van der Waals surface area contributed by atoms with Gasteiger partial charge in [0.05, 0.1) is 5.92 Å². The number of nitrogens with zero attached hydrogens (tertiary/aromatic N) is 2. The maximum atomic E-state index is 12.5. The van der Waals surface area contributed by atoms with Gasteiger partial charge in [0.25, 0.3) is 10.2 Å². The van der Waals surface area contributed by atoms with Crippen molar-refractivity contribution in [2.75, 3.05) is 27.2 Å². The fraction of sp³-hybridized carbons (Fsp3) is 0.500. The molecular formula is C14H21N3O3S. The first-order chi connectivity index (χ1) is 9.95. The summed E-state index contributed by atoms with van der Waals surface area (Å²) in [5, 5.41) is 2.57. The Hall–Kier alpha value is -1.44. The lowest BCUT2D eigenvalue weighted by atomic mass is 10.1.